The number of fused-ring (bicyclic) bond motifs is 1. The number of rotatable bonds is 5. The van der Waals surface area contributed by atoms with Crippen LogP contribution in [0.25, 0.3) is 11.2 Å². The zero-order valence-electron chi connectivity index (χ0n) is 16.1. The van der Waals surface area contributed by atoms with Gasteiger partial charge in [0.2, 0.25) is 5.28 Å². The van der Waals surface area contributed by atoms with Gasteiger partial charge in [0.05, 0.1) is 6.33 Å². The van der Waals surface area contributed by atoms with Crippen LogP contribution in [0.1, 0.15) is 71.8 Å². The first-order chi connectivity index (χ1) is 12.5. The van der Waals surface area contributed by atoms with Gasteiger partial charge in [-0.25, -0.2) is 4.98 Å². The molecule has 0 amide bonds. The number of halogens is 1. The fraction of sp³-hybridized carbons (Fsp3) is 0.750. The highest BCUT2D eigenvalue weighted by Gasteiger charge is 2.28. The van der Waals surface area contributed by atoms with Gasteiger partial charge in [-0.3, -0.25) is 0 Å². The van der Waals surface area contributed by atoms with Crippen LogP contribution in [0.2, 0.25) is 5.28 Å². The number of nitrogens with zero attached hydrogens (tertiary/aromatic N) is 4. The van der Waals surface area contributed by atoms with Crippen LogP contribution < -0.4 is 5.32 Å². The van der Waals surface area contributed by atoms with Crippen molar-refractivity contribution in [2.45, 2.75) is 77.8 Å². The summed E-state index contributed by atoms with van der Waals surface area (Å²) in [6, 6.07) is 0.795. The van der Waals surface area contributed by atoms with Crippen molar-refractivity contribution in [3.63, 3.8) is 0 Å². The van der Waals surface area contributed by atoms with Crippen molar-refractivity contribution in [3.05, 3.63) is 11.6 Å². The average molecular weight is 376 g/mol. The number of imidazole rings is 1. The summed E-state index contributed by atoms with van der Waals surface area (Å²) in [5, 5.41) is 3.89. The van der Waals surface area contributed by atoms with Gasteiger partial charge < -0.3 is 9.88 Å². The summed E-state index contributed by atoms with van der Waals surface area (Å²) in [7, 11) is 0. The van der Waals surface area contributed by atoms with E-state index in [1.807, 2.05) is 6.33 Å². The minimum Gasteiger partial charge on any atom is -0.365 e. The lowest BCUT2D eigenvalue weighted by atomic mass is 9.79. The minimum absolute atomic E-state index is 0.269. The second-order valence-corrected chi connectivity index (χ2v) is 8.89. The summed E-state index contributed by atoms with van der Waals surface area (Å²) in [4.78, 5) is 13.4. The lowest BCUT2D eigenvalue weighted by molar-refractivity contribution is 0.227. The van der Waals surface area contributed by atoms with Crippen LogP contribution in [0.5, 0.6) is 0 Å². The smallest absolute Gasteiger partial charge is 0.226 e. The van der Waals surface area contributed by atoms with E-state index in [1.54, 1.807) is 0 Å². The van der Waals surface area contributed by atoms with E-state index in [1.165, 1.54) is 44.9 Å². The molecule has 0 aliphatic heterocycles. The molecular weight excluding hydrogens is 346 g/mol. The van der Waals surface area contributed by atoms with E-state index in [0.29, 0.717) is 23.6 Å². The van der Waals surface area contributed by atoms with Gasteiger partial charge in [-0.2, -0.15) is 9.97 Å². The van der Waals surface area contributed by atoms with Crippen molar-refractivity contribution in [1.82, 2.24) is 19.5 Å². The zero-order chi connectivity index (χ0) is 18.3. The quantitative estimate of drug-likeness (QED) is 0.704. The van der Waals surface area contributed by atoms with E-state index in [0.717, 1.165) is 23.2 Å². The minimum atomic E-state index is 0.269. The molecule has 2 aliphatic rings. The van der Waals surface area contributed by atoms with Gasteiger partial charge in [0.25, 0.3) is 0 Å². The Bertz CT molecular complexity index is 761. The maximum atomic E-state index is 6.18. The van der Waals surface area contributed by atoms with Crippen molar-refractivity contribution >= 4 is 28.6 Å². The Morgan fingerprint density at radius 2 is 1.81 bits per heavy atom. The number of anilines is 1. The molecule has 0 bridgehead atoms. The molecule has 2 atom stereocenters. The monoisotopic (exact) mass is 375 g/mol. The summed E-state index contributed by atoms with van der Waals surface area (Å²) < 4.78 is 2.28. The Labute approximate surface area is 161 Å². The van der Waals surface area contributed by atoms with E-state index in [4.69, 9.17) is 11.6 Å². The Balaban J connectivity index is 1.64. The van der Waals surface area contributed by atoms with Crippen LogP contribution in [-0.4, -0.2) is 25.6 Å². The Morgan fingerprint density at radius 1 is 1.08 bits per heavy atom. The van der Waals surface area contributed by atoms with Gasteiger partial charge in [0, 0.05) is 12.1 Å². The molecule has 142 valence electrons. The molecule has 1 unspecified atom stereocenters. The highest BCUT2D eigenvalue weighted by molar-refractivity contribution is 6.28. The number of hydrogen-bond donors (Lipinski definition) is 1. The first kappa shape index (κ1) is 18.0. The number of nitrogens with one attached hydrogen (secondary N) is 1. The highest BCUT2D eigenvalue weighted by atomic mass is 35.5. The van der Waals surface area contributed by atoms with Gasteiger partial charge >= 0.3 is 0 Å². The zero-order valence-corrected chi connectivity index (χ0v) is 16.8. The third kappa shape index (κ3) is 3.42. The summed E-state index contributed by atoms with van der Waals surface area (Å²) in [5.41, 5.74) is 1.70. The molecule has 1 N–H and O–H groups in total. The molecular formula is C20H30ClN5. The average Bonchev–Trinajstić information content (AvgIpc) is 2.97. The fourth-order valence-electron chi connectivity index (χ4n) is 4.60. The summed E-state index contributed by atoms with van der Waals surface area (Å²) in [6.45, 7) is 6.93. The van der Waals surface area contributed by atoms with E-state index in [-0.39, 0.29) is 5.28 Å². The molecule has 0 saturated heterocycles. The molecule has 6 heteroatoms. The lowest BCUT2D eigenvalue weighted by Crippen LogP contribution is -2.31. The molecule has 5 nitrogen and oxygen atoms in total. The van der Waals surface area contributed by atoms with Gasteiger partial charge in [-0.15, -0.1) is 0 Å². The second kappa shape index (κ2) is 7.34. The standard InChI is InChI=1S/C20H30ClN5/c1-12-7-9-16(10-8-12)14(3)26-11-22-18-17(26)19(25-20(21)24-18)23-13(2)15-5-4-6-15/h11-16H,4-10H2,1-3H3,(H,23,24,25)/t12?,13-,14?,16?/m1/s1. The molecule has 0 radical (unpaired) electrons. The molecule has 2 heterocycles. The van der Waals surface area contributed by atoms with Crippen molar-refractivity contribution in [3.8, 4) is 0 Å². The van der Waals surface area contributed by atoms with E-state index < -0.39 is 0 Å². The van der Waals surface area contributed by atoms with Crippen molar-refractivity contribution in [1.29, 1.82) is 0 Å². The normalized spacial score (nSPS) is 26.5. The van der Waals surface area contributed by atoms with Crippen LogP contribution >= 0.6 is 11.6 Å². The molecule has 2 saturated carbocycles. The largest absolute Gasteiger partial charge is 0.365 e. The number of aromatic nitrogens is 4. The van der Waals surface area contributed by atoms with E-state index >= 15 is 0 Å². The topological polar surface area (TPSA) is 55.6 Å². The summed E-state index contributed by atoms with van der Waals surface area (Å²) in [6.07, 6.45) is 11.1. The molecule has 2 aliphatic carbocycles. The van der Waals surface area contributed by atoms with Gasteiger partial charge in [-0.1, -0.05) is 26.2 Å². The van der Waals surface area contributed by atoms with Crippen molar-refractivity contribution < 1.29 is 0 Å². The Morgan fingerprint density at radius 3 is 2.46 bits per heavy atom. The predicted molar refractivity (Wildman–Crippen MR) is 107 cm³/mol. The van der Waals surface area contributed by atoms with Crippen LogP contribution in [-0.2, 0) is 0 Å². The molecule has 2 fully saturated rings. The lowest BCUT2D eigenvalue weighted by Gasteiger charge is -2.33. The molecule has 2 aromatic heterocycles. The summed E-state index contributed by atoms with van der Waals surface area (Å²) in [5.74, 6) is 3.12. The Kier molecular flexibility index (Phi) is 5.09. The first-order valence-electron chi connectivity index (χ1n) is 10.2. The first-order valence-corrected chi connectivity index (χ1v) is 10.6. The summed E-state index contributed by atoms with van der Waals surface area (Å²) >= 11 is 6.18. The predicted octanol–water partition coefficient (Wildman–Crippen LogP) is 5.47. The van der Waals surface area contributed by atoms with Crippen molar-refractivity contribution in [2.75, 3.05) is 5.32 Å². The fourth-order valence-corrected chi connectivity index (χ4v) is 4.76. The maximum absolute atomic E-state index is 6.18. The van der Waals surface area contributed by atoms with Crippen LogP contribution in [0, 0.1) is 17.8 Å². The molecule has 26 heavy (non-hydrogen) atoms. The van der Waals surface area contributed by atoms with Crippen molar-refractivity contribution in [2.24, 2.45) is 17.8 Å². The van der Waals surface area contributed by atoms with Crippen LogP contribution in [0.4, 0.5) is 5.82 Å². The van der Waals surface area contributed by atoms with Gasteiger partial charge in [0.1, 0.15) is 5.52 Å². The molecule has 2 aromatic rings. The van der Waals surface area contributed by atoms with E-state index in [2.05, 4.69) is 45.6 Å². The third-order valence-corrected chi connectivity index (χ3v) is 6.97. The number of hydrogen-bond acceptors (Lipinski definition) is 4. The molecule has 0 aromatic carbocycles. The molecule has 4 rings (SSSR count). The maximum Gasteiger partial charge on any atom is 0.226 e. The highest BCUT2D eigenvalue weighted by Crippen LogP contribution is 2.38. The molecule has 0 spiro atoms. The SMILES string of the molecule is CC1CCC(C(C)n2cnc3nc(Cl)nc(N[C@H](C)C4CCC4)c32)CC1. The Hall–Kier alpha value is -1.36. The van der Waals surface area contributed by atoms with Crippen LogP contribution in [0.15, 0.2) is 6.33 Å². The third-order valence-electron chi connectivity index (χ3n) is 6.80. The second-order valence-electron chi connectivity index (χ2n) is 8.55. The van der Waals surface area contributed by atoms with Crippen LogP contribution in [0.3, 0.4) is 0 Å². The van der Waals surface area contributed by atoms with E-state index in [9.17, 15) is 0 Å². The van der Waals surface area contributed by atoms with Gasteiger partial charge in [-0.05, 0) is 68.9 Å². The van der Waals surface area contributed by atoms with Gasteiger partial charge in [0.15, 0.2) is 11.5 Å².